The summed E-state index contributed by atoms with van der Waals surface area (Å²) in [5, 5.41) is 10.1. The van der Waals surface area contributed by atoms with E-state index in [1.54, 1.807) is 12.1 Å². The number of ketones is 1. The van der Waals surface area contributed by atoms with Crippen molar-refractivity contribution in [2.24, 2.45) is 0 Å². The van der Waals surface area contributed by atoms with Crippen molar-refractivity contribution in [3.63, 3.8) is 0 Å². The largest absolute Gasteiger partial charge is 0.550 e. The zero-order chi connectivity index (χ0) is 10.6. The number of Topliss-reactive ketones (excluding diaryl/α,β-unsaturated/α-hetero) is 1. The molecule has 0 spiro atoms. The standard InChI is InChI=1S/C9H9ClO3S/c10-8-5-4-7(14-8)6(11)2-1-3-9(12)13/h4-5H,1-3H2,(H,12,13)/p-1. The highest BCUT2D eigenvalue weighted by Crippen LogP contribution is 2.22. The fraction of sp³-hybridized carbons (Fsp3) is 0.333. The lowest BCUT2D eigenvalue weighted by atomic mass is 10.1. The Hall–Kier alpha value is -0.870. The maximum absolute atomic E-state index is 11.4. The topological polar surface area (TPSA) is 57.2 Å². The Morgan fingerprint density at radius 3 is 2.57 bits per heavy atom. The van der Waals surface area contributed by atoms with Crippen molar-refractivity contribution >= 4 is 34.7 Å². The van der Waals surface area contributed by atoms with Crippen LogP contribution in [0.4, 0.5) is 0 Å². The van der Waals surface area contributed by atoms with Crippen molar-refractivity contribution in [1.82, 2.24) is 0 Å². The van der Waals surface area contributed by atoms with E-state index in [1.165, 1.54) is 11.3 Å². The van der Waals surface area contributed by atoms with Gasteiger partial charge in [0.15, 0.2) is 5.78 Å². The molecule has 0 unspecified atom stereocenters. The molecule has 0 aliphatic carbocycles. The smallest absolute Gasteiger partial charge is 0.172 e. The van der Waals surface area contributed by atoms with Crippen molar-refractivity contribution in [3.05, 3.63) is 21.3 Å². The first-order valence-corrected chi connectivity index (χ1v) is 5.27. The number of carbonyl (C=O) groups is 2. The Morgan fingerprint density at radius 2 is 2.07 bits per heavy atom. The van der Waals surface area contributed by atoms with Crippen LogP contribution in [0.3, 0.4) is 0 Å². The Kier molecular flexibility index (Phi) is 4.10. The number of hydrogen-bond acceptors (Lipinski definition) is 4. The summed E-state index contributed by atoms with van der Waals surface area (Å²) in [5.74, 6) is -1.19. The van der Waals surface area contributed by atoms with Crippen LogP contribution in [0.5, 0.6) is 0 Å². The van der Waals surface area contributed by atoms with Crippen LogP contribution >= 0.6 is 22.9 Å². The third-order valence-electron chi connectivity index (χ3n) is 1.63. The lowest BCUT2D eigenvalue weighted by Gasteiger charge is -1.99. The van der Waals surface area contributed by atoms with Crippen LogP contribution in [-0.4, -0.2) is 11.8 Å². The predicted molar refractivity (Wildman–Crippen MR) is 52.5 cm³/mol. The predicted octanol–water partition coefficient (Wildman–Crippen LogP) is 1.50. The Balaban J connectivity index is 2.39. The molecule has 0 N–H and O–H groups in total. The van der Waals surface area contributed by atoms with Crippen molar-refractivity contribution < 1.29 is 14.7 Å². The second-order valence-electron chi connectivity index (χ2n) is 2.75. The summed E-state index contributed by atoms with van der Waals surface area (Å²) in [6.07, 6.45) is 0.465. The van der Waals surface area contributed by atoms with Gasteiger partial charge in [0.1, 0.15) is 0 Å². The summed E-state index contributed by atoms with van der Waals surface area (Å²) >= 11 is 6.86. The number of carboxylic acids is 1. The zero-order valence-corrected chi connectivity index (χ0v) is 8.86. The number of thiophene rings is 1. The van der Waals surface area contributed by atoms with Crippen molar-refractivity contribution in [2.45, 2.75) is 19.3 Å². The van der Waals surface area contributed by atoms with Crippen LogP contribution in [0.1, 0.15) is 28.9 Å². The number of carboxylic acid groups (broad SMARTS) is 1. The van der Waals surface area contributed by atoms with E-state index in [0.717, 1.165) is 0 Å². The molecule has 0 aromatic carbocycles. The average molecular weight is 232 g/mol. The molecule has 0 bridgehead atoms. The van der Waals surface area contributed by atoms with Gasteiger partial charge in [-0.05, 0) is 25.0 Å². The average Bonchev–Trinajstić information content (AvgIpc) is 2.51. The van der Waals surface area contributed by atoms with Gasteiger partial charge in [-0.25, -0.2) is 0 Å². The number of rotatable bonds is 5. The molecule has 1 aromatic heterocycles. The van der Waals surface area contributed by atoms with Gasteiger partial charge in [0, 0.05) is 12.4 Å². The van der Waals surface area contributed by atoms with E-state index in [0.29, 0.717) is 15.6 Å². The molecular formula is C9H8ClO3S-. The Morgan fingerprint density at radius 1 is 1.36 bits per heavy atom. The van der Waals surface area contributed by atoms with E-state index < -0.39 is 5.97 Å². The molecule has 1 rings (SSSR count). The Labute approximate surface area is 90.3 Å². The maximum atomic E-state index is 11.4. The molecule has 1 aromatic rings. The van der Waals surface area contributed by atoms with Crippen LogP contribution in [0, 0.1) is 0 Å². The fourth-order valence-corrected chi connectivity index (χ4v) is 1.99. The van der Waals surface area contributed by atoms with Gasteiger partial charge in [-0.2, -0.15) is 0 Å². The van der Waals surface area contributed by atoms with Crippen LogP contribution in [0.25, 0.3) is 0 Å². The Bertz CT molecular complexity index is 346. The van der Waals surface area contributed by atoms with Gasteiger partial charge < -0.3 is 9.90 Å². The molecule has 1 heterocycles. The third kappa shape index (κ3) is 3.47. The summed E-state index contributed by atoms with van der Waals surface area (Å²) < 4.78 is 0.563. The maximum Gasteiger partial charge on any atom is 0.172 e. The van der Waals surface area contributed by atoms with E-state index in [9.17, 15) is 14.7 Å². The molecule has 0 amide bonds. The van der Waals surface area contributed by atoms with Crippen molar-refractivity contribution in [3.8, 4) is 0 Å². The molecule has 5 heteroatoms. The first-order chi connectivity index (χ1) is 6.59. The van der Waals surface area contributed by atoms with E-state index in [1.807, 2.05) is 0 Å². The summed E-state index contributed by atoms with van der Waals surface area (Å²) in [6.45, 7) is 0. The lowest BCUT2D eigenvalue weighted by Crippen LogP contribution is -2.21. The SMILES string of the molecule is O=C([O-])CCCC(=O)c1ccc(Cl)s1. The fourth-order valence-electron chi connectivity index (χ4n) is 0.981. The summed E-state index contributed by atoms with van der Waals surface area (Å²) in [7, 11) is 0. The van der Waals surface area contributed by atoms with Crippen LogP contribution in [0.2, 0.25) is 4.34 Å². The minimum Gasteiger partial charge on any atom is -0.550 e. The number of hydrogen-bond donors (Lipinski definition) is 0. The van der Waals surface area contributed by atoms with E-state index in [-0.39, 0.29) is 18.6 Å². The van der Waals surface area contributed by atoms with Gasteiger partial charge in [-0.1, -0.05) is 11.6 Å². The van der Waals surface area contributed by atoms with E-state index >= 15 is 0 Å². The first kappa shape index (κ1) is 11.2. The number of carbonyl (C=O) groups excluding carboxylic acids is 2. The number of halogens is 1. The van der Waals surface area contributed by atoms with Gasteiger partial charge in [0.05, 0.1) is 9.21 Å². The summed E-state index contributed by atoms with van der Waals surface area (Å²) in [4.78, 5) is 22.0. The van der Waals surface area contributed by atoms with E-state index in [2.05, 4.69) is 0 Å². The van der Waals surface area contributed by atoms with Crippen molar-refractivity contribution in [1.29, 1.82) is 0 Å². The molecule has 0 saturated carbocycles. The molecule has 0 fully saturated rings. The van der Waals surface area contributed by atoms with Gasteiger partial charge in [0.2, 0.25) is 0 Å². The first-order valence-electron chi connectivity index (χ1n) is 4.08. The monoisotopic (exact) mass is 231 g/mol. The molecule has 0 radical (unpaired) electrons. The second kappa shape index (κ2) is 5.12. The molecule has 76 valence electrons. The quantitative estimate of drug-likeness (QED) is 0.722. The highest BCUT2D eigenvalue weighted by Gasteiger charge is 2.07. The highest BCUT2D eigenvalue weighted by atomic mass is 35.5. The molecular weight excluding hydrogens is 224 g/mol. The molecule has 0 aliphatic heterocycles. The third-order valence-corrected chi connectivity index (χ3v) is 2.90. The number of aliphatic carboxylic acids is 1. The van der Waals surface area contributed by atoms with Gasteiger partial charge in [-0.3, -0.25) is 4.79 Å². The summed E-state index contributed by atoms with van der Waals surface area (Å²) in [5.41, 5.74) is 0. The molecule has 3 nitrogen and oxygen atoms in total. The van der Waals surface area contributed by atoms with Crippen LogP contribution in [0.15, 0.2) is 12.1 Å². The molecule has 0 aliphatic rings. The van der Waals surface area contributed by atoms with Gasteiger partial charge >= 0.3 is 0 Å². The van der Waals surface area contributed by atoms with Crippen molar-refractivity contribution in [2.75, 3.05) is 0 Å². The second-order valence-corrected chi connectivity index (χ2v) is 4.47. The zero-order valence-electron chi connectivity index (χ0n) is 7.29. The molecule has 0 saturated heterocycles. The lowest BCUT2D eigenvalue weighted by molar-refractivity contribution is -0.305. The summed E-state index contributed by atoms with van der Waals surface area (Å²) in [6, 6.07) is 3.30. The van der Waals surface area contributed by atoms with Crippen LogP contribution in [-0.2, 0) is 4.79 Å². The minimum absolute atomic E-state index is 0.0665. The normalized spacial score (nSPS) is 10.1. The van der Waals surface area contributed by atoms with Gasteiger partial charge in [-0.15, -0.1) is 11.3 Å². The highest BCUT2D eigenvalue weighted by molar-refractivity contribution is 7.18. The van der Waals surface area contributed by atoms with E-state index in [4.69, 9.17) is 11.6 Å². The molecule has 14 heavy (non-hydrogen) atoms. The minimum atomic E-state index is -1.12. The van der Waals surface area contributed by atoms with Gasteiger partial charge in [0.25, 0.3) is 0 Å². The van der Waals surface area contributed by atoms with Crippen LogP contribution < -0.4 is 5.11 Å². The molecule has 0 atom stereocenters.